The lowest BCUT2D eigenvalue weighted by Crippen LogP contribution is -2.06. The molecule has 2 nitrogen and oxygen atoms in total. The Bertz CT molecular complexity index is 293. The van der Waals surface area contributed by atoms with E-state index in [9.17, 15) is 8.78 Å². The number of nitrogen functional groups attached to an aromatic ring is 1. The maximum absolute atomic E-state index is 11.7. The maximum Gasteiger partial charge on any atom is 0.272 e. The van der Waals surface area contributed by atoms with Gasteiger partial charge in [0, 0.05) is 10.2 Å². The Hall–Kier alpha value is -0.840. The molecule has 1 aromatic carbocycles. The maximum atomic E-state index is 11.7. The van der Waals surface area contributed by atoms with E-state index in [-0.39, 0.29) is 0 Å². The lowest BCUT2D eigenvalue weighted by molar-refractivity contribution is 0.0819. The van der Waals surface area contributed by atoms with E-state index in [1.165, 1.54) is 0 Å². The summed E-state index contributed by atoms with van der Waals surface area (Å²) in [5.74, 6) is 0.376. The normalized spacial score (nSPS) is 10.5. The summed E-state index contributed by atoms with van der Waals surface area (Å²) in [5, 5.41) is 0. The van der Waals surface area contributed by atoms with Crippen molar-refractivity contribution in [2.24, 2.45) is 0 Å². The van der Waals surface area contributed by atoms with Crippen molar-refractivity contribution in [2.45, 2.75) is 6.43 Å². The van der Waals surface area contributed by atoms with E-state index in [0.717, 1.165) is 0 Å². The van der Waals surface area contributed by atoms with Crippen molar-refractivity contribution in [3.05, 3.63) is 22.7 Å². The largest absolute Gasteiger partial charge is 0.488 e. The fourth-order valence-electron chi connectivity index (χ4n) is 0.757. The number of hydrogen-bond acceptors (Lipinski definition) is 2. The van der Waals surface area contributed by atoms with Crippen LogP contribution in [0.25, 0.3) is 0 Å². The van der Waals surface area contributed by atoms with Gasteiger partial charge in [0.1, 0.15) is 12.4 Å². The molecule has 0 aromatic heterocycles. The van der Waals surface area contributed by atoms with Gasteiger partial charge in [-0.1, -0.05) is 0 Å². The van der Waals surface area contributed by atoms with Gasteiger partial charge >= 0.3 is 0 Å². The highest BCUT2D eigenvalue weighted by atomic mass is 79.9. The molecule has 0 amide bonds. The van der Waals surface area contributed by atoms with Crippen LogP contribution in [0.1, 0.15) is 0 Å². The van der Waals surface area contributed by atoms with Gasteiger partial charge in [-0.2, -0.15) is 0 Å². The molecule has 0 aliphatic rings. The molecule has 5 heteroatoms. The van der Waals surface area contributed by atoms with E-state index in [1.54, 1.807) is 18.2 Å². The number of nitrogens with two attached hydrogens (primary N) is 1. The Morgan fingerprint density at radius 3 is 2.69 bits per heavy atom. The average Bonchev–Trinajstić information content (AvgIpc) is 2.07. The molecule has 0 radical (unpaired) electrons. The zero-order valence-electron chi connectivity index (χ0n) is 6.64. The first-order chi connectivity index (χ1) is 6.09. The van der Waals surface area contributed by atoms with Gasteiger partial charge in [0.15, 0.2) is 0 Å². The smallest absolute Gasteiger partial charge is 0.272 e. The summed E-state index contributed by atoms with van der Waals surface area (Å²) in [4.78, 5) is 0. The van der Waals surface area contributed by atoms with E-state index in [1.807, 2.05) is 0 Å². The molecule has 72 valence electrons. The highest BCUT2D eigenvalue weighted by molar-refractivity contribution is 9.10. The van der Waals surface area contributed by atoms with E-state index in [0.29, 0.717) is 15.9 Å². The van der Waals surface area contributed by atoms with Crippen LogP contribution in [0.4, 0.5) is 14.5 Å². The van der Waals surface area contributed by atoms with Crippen molar-refractivity contribution in [3.63, 3.8) is 0 Å². The van der Waals surface area contributed by atoms with E-state index in [2.05, 4.69) is 15.9 Å². The lowest BCUT2D eigenvalue weighted by Gasteiger charge is -2.06. The van der Waals surface area contributed by atoms with Gasteiger partial charge in [-0.3, -0.25) is 0 Å². The molecular formula is C8H8BrF2NO. The van der Waals surface area contributed by atoms with Crippen molar-refractivity contribution in [1.29, 1.82) is 0 Å². The predicted octanol–water partition coefficient (Wildman–Crippen LogP) is 2.68. The molecule has 0 saturated carbocycles. The first-order valence-electron chi connectivity index (χ1n) is 3.55. The summed E-state index contributed by atoms with van der Waals surface area (Å²) in [7, 11) is 0. The molecule has 0 fully saturated rings. The fraction of sp³-hybridized carbons (Fsp3) is 0.250. The van der Waals surface area contributed by atoms with Crippen molar-refractivity contribution in [1.82, 2.24) is 0 Å². The third-order valence-corrected chi connectivity index (χ3v) is 2.03. The van der Waals surface area contributed by atoms with Crippen LogP contribution < -0.4 is 10.5 Å². The van der Waals surface area contributed by atoms with Gasteiger partial charge < -0.3 is 10.5 Å². The van der Waals surface area contributed by atoms with E-state index in [4.69, 9.17) is 10.5 Å². The first-order valence-corrected chi connectivity index (χ1v) is 4.35. The third kappa shape index (κ3) is 3.18. The van der Waals surface area contributed by atoms with E-state index >= 15 is 0 Å². The molecule has 13 heavy (non-hydrogen) atoms. The van der Waals surface area contributed by atoms with Crippen molar-refractivity contribution in [3.8, 4) is 5.75 Å². The summed E-state index contributed by atoms with van der Waals surface area (Å²) in [6.07, 6.45) is -2.46. The molecule has 1 aromatic rings. The summed E-state index contributed by atoms with van der Waals surface area (Å²) in [5.41, 5.74) is 6.04. The van der Waals surface area contributed by atoms with Gasteiger partial charge in [0.25, 0.3) is 6.43 Å². The minimum Gasteiger partial charge on any atom is -0.488 e. The molecule has 0 unspecified atom stereocenters. The van der Waals surface area contributed by atoms with Crippen LogP contribution in [0, 0.1) is 0 Å². The number of benzene rings is 1. The number of hydrogen-bond donors (Lipinski definition) is 1. The second-order valence-corrected chi connectivity index (χ2v) is 3.24. The Labute approximate surface area is 82.8 Å². The van der Waals surface area contributed by atoms with Crippen LogP contribution >= 0.6 is 15.9 Å². The zero-order chi connectivity index (χ0) is 9.84. The number of alkyl halides is 2. The Balaban J connectivity index is 2.63. The summed E-state index contributed by atoms with van der Waals surface area (Å²) in [6.45, 7) is -0.601. The molecule has 0 spiro atoms. The number of halogens is 3. The number of ether oxygens (including phenoxy) is 1. The SMILES string of the molecule is Nc1ccc(OCC(F)F)cc1Br. The highest BCUT2D eigenvalue weighted by Crippen LogP contribution is 2.24. The number of anilines is 1. The minimum atomic E-state index is -2.46. The molecule has 0 aliphatic heterocycles. The van der Waals surface area contributed by atoms with Gasteiger partial charge in [-0.05, 0) is 34.1 Å². The molecule has 0 saturated heterocycles. The van der Waals surface area contributed by atoms with Gasteiger partial charge in [0.05, 0.1) is 0 Å². The van der Waals surface area contributed by atoms with Crippen molar-refractivity contribution < 1.29 is 13.5 Å². The standard InChI is InChI=1S/C8H8BrF2NO/c9-6-3-5(1-2-7(6)12)13-4-8(10)11/h1-3,8H,4,12H2. The van der Waals surface area contributed by atoms with Crippen LogP contribution in [0.2, 0.25) is 0 Å². The first kappa shape index (κ1) is 10.2. The van der Waals surface area contributed by atoms with Crippen LogP contribution in [0.15, 0.2) is 22.7 Å². The topological polar surface area (TPSA) is 35.2 Å². The van der Waals surface area contributed by atoms with Gasteiger partial charge in [-0.25, -0.2) is 8.78 Å². The molecule has 0 aliphatic carbocycles. The second kappa shape index (κ2) is 4.41. The van der Waals surface area contributed by atoms with Crippen molar-refractivity contribution >= 4 is 21.6 Å². The van der Waals surface area contributed by atoms with E-state index < -0.39 is 13.0 Å². The molecule has 0 atom stereocenters. The molecule has 2 N–H and O–H groups in total. The molecule has 0 heterocycles. The van der Waals surface area contributed by atoms with Crippen LogP contribution in [0.3, 0.4) is 0 Å². The quantitative estimate of drug-likeness (QED) is 0.839. The minimum absolute atomic E-state index is 0.376. The molecule has 1 rings (SSSR count). The average molecular weight is 252 g/mol. The molecule has 0 bridgehead atoms. The number of rotatable bonds is 3. The monoisotopic (exact) mass is 251 g/mol. The van der Waals surface area contributed by atoms with Crippen LogP contribution in [0.5, 0.6) is 5.75 Å². The zero-order valence-corrected chi connectivity index (χ0v) is 8.22. The Kier molecular flexibility index (Phi) is 3.48. The summed E-state index contributed by atoms with van der Waals surface area (Å²) >= 11 is 3.16. The summed E-state index contributed by atoms with van der Waals surface area (Å²) < 4.78 is 28.9. The lowest BCUT2D eigenvalue weighted by atomic mass is 10.3. The van der Waals surface area contributed by atoms with Crippen LogP contribution in [-0.4, -0.2) is 13.0 Å². The molecular weight excluding hydrogens is 244 g/mol. The van der Waals surface area contributed by atoms with Gasteiger partial charge in [0.2, 0.25) is 0 Å². The third-order valence-electron chi connectivity index (χ3n) is 1.35. The second-order valence-electron chi connectivity index (χ2n) is 2.39. The van der Waals surface area contributed by atoms with Crippen molar-refractivity contribution in [2.75, 3.05) is 12.3 Å². The van der Waals surface area contributed by atoms with Crippen LogP contribution in [-0.2, 0) is 0 Å². The predicted molar refractivity (Wildman–Crippen MR) is 50.1 cm³/mol. The summed E-state index contributed by atoms with van der Waals surface area (Å²) in [6, 6.07) is 4.69. The fourth-order valence-corrected chi connectivity index (χ4v) is 1.11. The Morgan fingerprint density at radius 2 is 2.15 bits per heavy atom. The van der Waals surface area contributed by atoms with Gasteiger partial charge in [-0.15, -0.1) is 0 Å². The highest BCUT2D eigenvalue weighted by Gasteiger charge is 2.04. The Morgan fingerprint density at radius 1 is 1.46 bits per heavy atom.